The van der Waals surface area contributed by atoms with Gasteiger partial charge < -0.3 is 14.2 Å². The Kier molecular flexibility index (Phi) is 8.66. The molecule has 4 rings (SSSR count). The normalized spacial score (nSPS) is 19.2. The third-order valence-electron chi connectivity index (χ3n) is 6.89. The highest BCUT2D eigenvalue weighted by molar-refractivity contribution is 6.01. The minimum absolute atomic E-state index is 0.172. The highest BCUT2D eigenvalue weighted by atomic mass is 16.5. The van der Waals surface area contributed by atoms with Crippen molar-refractivity contribution in [2.24, 2.45) is 0 Å². The van der Waals surface area contributed by atoms with E-state index < -0.39 is 6.03 Å². The van der Waals surface area contributed by atoms with Gasteiger partial charge >= 0.3 is 6.03 Å². The van der Waals surface area contributed by atoms with Gasteiger partial charge in [-0.05, 0) is 43.4 Å². The number of nitrogens with zero attached hydrogens (tertiary/aromatic N) is 5. The first-order chi connectivity index (χ1) is 18.0. The lowest BCUT2D eigenvalue weighted by Crippen LogP contribution is -2.40. The molecule has 2 atom stereocenters. The maximum absolute atomic E-state index is 13.2. The van der Waals surface area contributed by atoms with Crippen molar-refractivity contribution in [1.29, 1.82) is 5.26 Å². The number of pyridine rings is 2. The van der Waals surface area contributed by atoms with E-state index >= 15 is 0 Å². The molecule has 0 spiro atoms. The number of fused-ring (bicyclic) bond motifs is 1. The number of urea groups is 1. The van der Waals surface area contributed by atoms with E-state index in [1.54, 1.807) is 14.2 Å². The number of rotatable bonds is 9. The lowest BCUT2D eigenvalue weighted by atomic mass is 10.0. The van der Waals surface area contributed by atoms with Gasteiger partial charge in [0.05, 0.1) is 18.9 Å². The number of aromatic nitrogens is 2. The summed E-state index contributed by atoms with van der Waals surface area (Å²) in [7, 11) is 3.28. The lowest BCUT2D eigenvalue weighted by molar-refractivity contribution is 0.0712. The summed E-state index contributed by atoms with van der Waals surface area (Å²) in [6.07, 6.45) is 4.75. The first-order valence-electron chi connectivity index (χ1n) is 12.3. The van der Waals surface area contributed by atoms with Crippen LogP contribution in [0.4, 0.5) is 16.4 Å². The summed E-state index contributed by atoms with van der Waals surface area (Å²) in [5, 5.41) is 12.1. The molecule has 1 saturated heterocycles. The molecule has 11 nitrogen and oxygen atoms in total. The number of ether oxygens (including phenoxy) is 3. The minimum atomic E-state index is -0.422. The van der Waals surface area contributed by atoms with E-state index in [-0.39, 0.29) is 30.1 Å². The summed E-state index contributed by atoms with van der Waals surface area (Å²) in [6.45, 7) is 4.68. The van der Waals surface area contributed by atoms with Gasteiger partial charge in [0.2, 0.25) is 0 Å². The average Bonchev–Trinajstić information content (AvgIpc) is 3.26. The number of methoxy groups -OCH3 is 2. The van der Waals surface area contributed by atoms with Gasteiger partial charge in [-0.1, -0.05) is 0 Å². The molecule has 11 heteroatoms. The van der Waals surface area contributed by atoms with Crippen molar-refractivity contribution in [3.05, 3.63) is 40.7 Å². The second kappa shape index (κ2) is 12.1. The number of nitriles is 1. The van der Waals surface area contributed by atoms with E-state index in [1.807, 2.05) is 12.1 Å². The summed E-state index contributed by atoms with van der Waals surface area (Å²) in [5.74, 6) is 1.03. The van der Waals surface area contributed by atoms with Gasteiger partial charge in [-0.25, -0.2) is 14.8 Å². The smallest absolute Gasteiger partial charge is 0.328 e. The molecule has 0 aromatic carbocycles. The summed E-state index contributed by atoms with van der Waals surface area (Å²) >= 11 is 0. The number of hydrogen-bond donors (Lipinski definition) is 1. The Morgan fingerprint density at radius 3 is 2.84 bits per heavy atom. The van der Waals surface area contributed by atoms with Crippen LogP contribution in [0, 0.1) is 11.3 Å². The fourth-order valence-corrected chi connectivity index (χ4v) is 4.83. The van der Waals surface area contributed by atoms with Gasteiger partial charge in [0, 0.05) is 46.0 Å². The van der Waals surface area contributed by atoms with Crippen LogP contribution in [0.3, 0.4) is 0 Å². The van der Waals surface area contributed by atoms with Crippen molar-refractivity contribution in [3.8, 4) is 11.8 Å². The highest BCUT2D eigenvalue weighted by Gasteiger charge is 2.32. The van der Waals surface area contributed by atoms with Crippen LogP contribution in [0.1, 0.15) is 46.9 Å². The minimum Gasteiger partial charge on any atom is -0.490 e. The van der Waals surface area contributed by atoms with Crippen LogP contribution in [0.15, 0.2) is 18.3 Å². The summed E-state index contributed by atoms with van der Waals surface area (Å²) in [5.41, 5.74) is 2.36. The predicted molar refractivity (Wildman–Crippen MR) is 136 cm³/mol. The largest absolute Gasteiger partial charge is 0.490 e. The molecule has 1 fully saturated rings. The molecule has 2 aromatic rings. The Hall–Kier alpha value is -3.59. The second-order valence-electron chi connectivity index (χ2n) is 9.11. The van der Waals surface area contributed by atoms with Gasteiger partial charge in [0.1, 0.15) is 41.3 Å². The molecule has 0 radical (unpaired) electrons. The van der Waals surface area contributed by atoms with Crippen molar-refractivity contribution < 1.29 is 23.8 Å². The molecule has 196 valence electrons. The number of anilines is 2. The zero-order valence-electron chi connectivity index (χ0n) is 21.4. The number of carbonyl (C=O) groups excluding carboxylic acids is 2. The number of carbonyl (C=O) groups is 2. The SMILES string of the molecule is COCCOc1cc(NC(=O)N2CCCc3cc(CN4CCC(OC)C4C)c(C=O)nc32)ncc1C#N. The van der Waals surface area contributed by atoms with Crippen LogP contribution in [0.25, 0.3) is 0 Å². The van der Waals surface area contributed by atoms with E-state index in [0.717, 1.165) is 43.2 Å². The Morgan fingerprint density at radius 2 is 2.14 bits per heavy atom. The molecule has 2 unspecified atom stereocenters. The first kappa shape index (κ1) is 26.5. The molecule has 0 bridgehead atoms. The average molecular weight is 509 g/mol. The molecule has 1 N–H and O–H groups in total. The van der Waals surface area contributed by atoms with Crippen molar-refractivity contribution in [1.82, 2.24) is 14.9 Å². The molecular weight excluding hydrogens is 476 g/mol. The van der Waals surface area contributed by atoms with Gasteiger partial charge in [0.25, 0.3) is 0 Å². The molecule has 0 saturated carbocycles. The zero-order valence-corrected chi connectivity index (χ0v) is 21.4. The number of nitrogens with one attached hydrogen (secondary N) is 1. The maximum atomic E-state index is 13.2. The fourth-order valence-electron chi connectivity index (χ4n) is 4.83. The third kappa shape index (κ3) is 5.88. The van der Waals surface area contributed by atoms with Gasteiger partial charge in [0.15, 0.2) is 6.29 Å². The van der Waals surface area contributed by atoms with Crippen molar-refractivity contribution in [2.75, 3.05) is 50.7 Å². The Bertz CT molecular complexity index is 1180. The predicted octanol–water partition coefficient (Wildman–Crippen LogP) is 2.78. The standard InChI is InChI=1S/C26H32N6O5/c1-17-22(36-3)6-8-31(17)15-19-11-18-5-4-7-32(25(18)29-21(19)16-33)26(34)30-24-12-23(37-10-9-35-2)20(13-27)14-28-24/h11-12,14,16-17,22H,4-10,15H2,1-3H3,(H,28,30,34). The molecule has 2 aromatic heterocycles. The van der Waals surface area contributed by atoms with Crippen molar-refractivity contribution in [3.63, 3.8) is 0 Å². The van der Waals surface area contributed by atoms with Crippen LogP contribution in [0.2, 0.25) is 0 Å². The molecule has 2 aliphatic rings. The van der Waals surface area contributed by atoms with E-state index in [1.165, 1.54) is 17.2 Å². The molecule has 4 heterocycles. The van der Waals surface area contributed by atoms with Crippen molar-refractivity contribution >= 4 is 24.0 Å². The van der Waals surface area contributed by atoms with Crippen LogP contribution < -0.4 is 15.0 Å². The number of hydrogen-bond acceptors (Lipinski definition) is 9. The van der Waals surface area contributed by atoms with Crippen LogP contribution >= 0.6 is 0 Å². The van der Waals surface area contributed by atoms with E-state index in [0.29, 0.717) is 37.0 Å². The fraction of sp³-hybridized carbons (Fsp3) is 0.500. The third-order valence-corrected chi connectivity index (χ3v) is 6.89. The number of likely N-dealkylation sites (tertiary alicyclic amines) is 1. The topological polar surface area (TPSA) is 130 Å². The summed E-state index contributed by atoms with van der Waals surface area (Å²) in [6, 6.07) is 5.36. The molecular formula is C26H32N6O5. The maximum Gasteiger partial charge on any atom is 0.328 e. The van der Waals surface area contributed by atoms with Gasteiger partial charge in [-0.3, -0.25) is 19.9 Å². The summed E-state index contributed by atoms with van der Waals surface area (Å²) < 4.78 is 16.1. The Labute approximate surface area is 216 Å². The molecule has 2 aliphatic heterocycles. The van der Waals surface area contributed by atoms with E-state index in [9.17, 15) is 14.9 Å². The van der Waals surface area contributed by atoms with Gasteiger partial charge in [-0.2, -0.15) is 5.26 Å². The van der Waals surface area contributed by atoms with Crippen LogP contribution in [-0.4, -0.2) is 79.9 Å². The van der Waals surface area contributed by atoms with Gasteiger partial charge in [-0.15, -0.1) is 0 Å². The quantitative estimate of drug-likeness (QED) is 0.401. The van der Waals surface area contributed by atoms with Crippen LogP contribution in [0.5, 0.6) is 5.75 Å². The zero-order chi connectivity index (χ0) is 26.4. The van der Waals surface area contributed by atoms with E-state index in [4.69, 9.17) is 14.2 Å². The summed E-state index contributed by atoms with van der Waals surface area (Å²) in [4.78, 5) is 37.8. The lowest BCUT2D eigenvalue weighted by Gasteiger charge is -2.30. The molecule has 0 aliphatic carbocycles. The monoisotopic (exact) mass is 508 g/mol. The number of aldehydes is 1. The highest BCUT2D eigenvalue weighted by Crippen LogP contribution is 2.30. The Morgan fingerprint density at radius 1 is 1.30 bits per heavy atom. The van der Waals surface area contributed by atoms with Crippen molar-refractivity contribution in [2.45, 2.75) is 44.9 Å². The second-order valence-corrected chi connectivity index (χ2v) is 9.11. The van der Waals surface area contributed by atoms with Crippen LogP contribution in [-0.2, 0) is 22.4 Å². The first-order valence-corrected chi connectivity index (χ1v) is 12.3. The Balaban J connectivity index is 1.53. The number of aryl methyl sites for hydroxylation is 1. The number of amides is 2. The molecule has 37 heavy (non-hydrogen) atoms. The van der Waals surface area contributed by atoms with E-state index in [2.05, 4.69) is 27.1 Å². The molecule has 2 amide bonds.